The van der Waals surface area contributed by atoms with Crippen LogP contribution >= 0.6 is 23.2 Å². The summed E-state index contributed by atoms with van der Waals surface area (Å²) in [5.41, 5.74) is 3.08. The molecule has 24 heavy (non-hydrogen) atoms. The van der Waals surface area contributed by atoms with Crippen LogP contribution in [0, 0.1) is 0 Å². The summed E-state index contributed by atoms with van der Waals surface area (Å²) in [4.78, 5) is 19.3. The van der Waals surface area contributed by atoms with Crippen molar-refractivity contribution >= 4 is 45.8 Å². The number of hydrogen-bond donors (Lipinski definition) is 0. The zero-order chi connectivity index (χ0) is 16.6. The number of aromatic nitrogens is 2. The largest absolute Gasteiger partial charge is 0.300 e. The summed E-state index contributed by atoms with van der Waals surface area (Å²) in [7, 11) is 0. The van der Waals surface area contributed by atoms with Gasteiger partial charge in [0.05, 0.1) is 26.8 Å². The molecule has 0 spiro atoms. The average Bonchev–Trinajstić information content (AvgIpc) is 3.07. The summed E-state index contributed by atoms with van der Waals surface area (Å²) in [5.74, 6) is 0.991. The van der Waals surface area contributed by atoms with Crippen LogP contribution in [-0.2, 0) is 10.5 Å². The molecule has 1 fully saturated rings. The van der Waals surface area contributed by atoms with Crippen molar-refractivity contribution in [2.45, 2.75) is 25.4 Å². The van der Waals surface area contributed by atoms with E-state index in [-0.39, 0.29) is 5.91 Å². The number of carbonyl (C=O) groups is 1. The minimum atomic E-state index is -0.479. The quantitative estimate of drug-likeness (QED) is 0.578. The van der Waals surface area contributed by atoms with Gasteiger partial charge in [-0.25, -0.2) is 4.98 Å². The van der Waals surface area contributed by atoms with Crippen LogP contribution in [0.2, 0.25) is 10.0 Å². The molecule has 3 heterocycles. The summed E-state index contributed by atoms with van der Waals surface area (Å²) in [5, 5.41) is 0.975. The highest BCUT2D eigenvalue weighted by Gasteiger charge is 2.49. The predicted molar refractivity (Wildman–Crippen MR) is 95.6 cm³/mol. The molecule has 0 aliphatic carbocycles. The Morgan fingerprint density at radius 3 is 2.75 bits per heavy atom. The molecule has 1 aromatic heterocycles. The van der Waals surface area contributed by atoms with E-state index in [1.807, 2.05) is 35.2 Å². The molecule has 1 atom stereocenters. The van der Waals surface area contributed by atoms with Crippen LogP contribution in [0.3, 0.4) is 0 Å². The van der Waals surface area contributed by atoms with Gasteiger partial charge in [0.2, 0.25) is 5.91 Å². The Balaban J connectivity index is 1.96. The lowest BCUT2D eigenvalue weighted by Gasteiger charge is -2.42. The van der Waals surface area contributed by atoms with Gasteiger partial charge in [-0.3, -0.25) is 14.3 Å². The lowest BCUT2D eigenvalue weighted by molar-refractivity contribution is -0.117. The maximum Gasteiger partial charge on any atom is 0.229 e. The molecule has 1 saturated heterocycles. The number of amides is 1. The van der Waals surface area contributed by atoms with Crippen LogP contribution in [0.4, 0.5) is 5.69 Å². The number of anilines is 1. The van der Waals surface area contributed by atoms with E-state index in [9.17, 15) is 4.79 Å². The second kappa shape index (κ2) is 4.52. The molecule has 5 rings (SSSR count). The minimum absolute atomic E-state index is 0.137. The third-order valence-electron chi connectivity index (χ3n) is 5.11. The van der Waals surface area contributed by atoms with Gasteiger partial charge in [0.1, 0.15) is 11.5 Å². The molecule has 6 heteroatoms. The molecule has 3 aromatic rings. The second-order valence-corrected chi connectivity index (χ2v) is 7.30. The van der Waals surface area contributed by atoms with Gasteiger partial charge in [-0.2, -0.15) is 0 Å². The van der Waals surface area contributed by atoms with Crippen LogP contribution in [0.1, 0.15) is 19.8 Å². The fourth-order valence-electron chi connectivity index (χ4n) is 4.04. The van der Waals surface area contributed by atoms with Crippen LogP contribution in [-0.4, -0.2) is 15.5 Å². The summed E-state index contributed by atoms with van der Waals surface area (Å²) < 4.78 is 2.14. The van der Waals surface area contributed by atoms with E-state index in [0.29, 0.717) is 16.5 Å². The van der Waals surface area contributed by atoms with Gasteiger partial charge in [0.25, 0.3) is 0 Å². The van der Waals surface area contributed by atoms with E-state index in [4.69, 9.17) is 28.2 Å². The number of nitrogens with zero attached hydrogens (tertiary/aromatic N) is 3. The highest BCUT2D eigenvalue weighted by Crippen LogP contribution is 2.50. The molecule has 4 nitrogen and oxygen atoms in total. The number of benzene rings is 2. The van der Waals surface area contributed by atoms with Crippen molar-refractivity contribution in [3.05, 3.63) is 46.4 Å². The molecule has 2 aliphatic rings. The number of para-hydroxylation sites is 1. The summed E-state index contributed by atoms with van der Waals surface area (Å²) in [6.45, 7) is 2.08. The van der Waals surface area contributed by atoms with Gasteiger partial charge >= 0.3 is 0 Å². The molecular weight excluding hydrogens is 345 g/mol. The molecule has 1 unspecified atom stereocenters. The Morgan fingerprint density at radius 2 is 1.92 bits per heavy atom. The number of fused-ring (bicyclic) bond motifs is 8. The van der Waals surface area contributed by atoms with Gasteiger partial charge in [0.15, 0.2) is 0 Å². The predicted octanol–water partition coefficient (Wildman–Crippen LogP) is 4.82. The Bertz CT molecular complexity index is 1040. The average molecular weight is 358 g/mol. The summed E-state index contributed by atoms with van der Waals surface area (Å²) >= 11 is 12.4. The van der Waals surface area contributed by atoms with Gasteiger partial charge in [0, 0.05) is 12.0 Å². The lowest BCUT2D eigenvalue weighted by atomic mass is 10.0. The monoisotopic (exact) mass is 357 g/mol. The van der Waals surface area contributed by atoms with E-state index < -0.39 is 5.66 Å². The second-order valence-electron chi connectivity index (χ2n) is 6.49. The van der Waals surface area contributed by atoms with Crippen molar-refractivity contribution in [1.82, 2.24) is 9.55 Å². The standard InChI is InChI=1S/C18H13Cl2N3O/c1-18-7-6-16(24)22(18)14-5-3-2-4-10(14)17-21-13-8-11(19)12(20)9-15(13)23(17)18/h2-5,8-9H,6-7H2,1H3. The Kier molecular flexibility index (Phi) is 2.70. The van der Waals surface area contributed by atoms with Crippen molar-refractivity contribution < 1.29 is 4.79 Å². The van der Waals surface area contributed by atoms with Crippen LogP contribution in [0.5, 0.6) is 0 Å². The first-order chi connectivity index (χ1) is 11.5. The first-order valence-electron chi connectivity index (χ1n) is 7.81. The van der Waals surface area contributed by atoms with Gasteiger partial charge in [-0.15, -0.1) is 0 Å². The highest BCUT2D eigenvalue weighted by molar-refractivity contribution is 6.42. The maximum atomic E-state index is 12.6. The Morgan fingerprint density at radius 1 is 1.17 bits per heavy atom. The topological polar surface area (TPSA) is 38.1 Å². The summed E-state index contributed by atoms with van der Waals surface area (Å²) in [6, 6.07) is 11.5. The number of rotatable bonds is 0. The van der Waals surface area contributed by atoms with Crippen molar-refractivity contribution in [3.8, 4) is 11.4 Å². The van der Waals surface area contributed by atoms with Gasteiger partial charge in [-0.05, 0) is 37.6 Å². The summed E-state index contributed by atoms with van der Waals surface area (Å²) in [6.07, 6.45) is 1.25. The Hall–Kier alpha value is -2.04. The first kappa shape index (κ1) is 14.3. The smallest absolute Gasteiger partial charge is 0.229 e. The van der Waals surface area contributed by atoms with Crippen LogP contribution in [0.15, 0.2) is 36.4 Å². The third kappa shape index (κ3) is 1.60. The SMILES string of the molecule is CC12CCC(=O)N1c1ccccc1-c1nc3cc(Cl)c(Cl)cc3n12. The van der Waals surface area contributed by atoms with Crippen LogP contribution < -0.4 is 4.90 Å². The lowest BCUT2D eigenvalue weighted by Crippen LogP contribution is -2.48. The molecule has 1 amide bonds. The maximum absolute atomic E-state index is 12.6. The number of carbonyl (C=O) groups excluding carboxylic acids is 1. The van der Waals surface area contributed by atoms with Gasteiger partial charge in [-0.1, -0.05) is 35.3 Å². The molecular formula is C18H13Cl2N3O. The fraction of sp³-hybridized carbons (Fsp3) is 0.222. The zero-order valence-electron chi connectivity index (χ0n) is 12.9. The van der Waals surface area contributed by atoms with E-state index in [1.165, 1.54) is 0 Å². The molecule has 0 bridgehead atoms. The van der Waals surface area contributed by atoms with E-state index in [1.54, 1.807) is 6.07 Å². The van der Waals surface area contributed by atoms with Crippen molar-refractivity contribution in [2.75, 3.05) is 4.90 Å². The van der Waals surface area contributed by atoms with Crippen molar-refractivity contribution in [3.63, 3.8) is 0 Å². The number of imidazole rings is 1. The third-order valence-corrected chi connectivity index (χ3v) is 5.83. The normalized spacial score (nSPS) is 21.8. The molecule has 0 radical (unpaired) electrons. The van der Waals surface area contributed by atoms with E-state index >= 15 is 0 Å². The van der Waals surface area contributed by atoms with Gasteiger partial charge < -0.3 is 0 Å². The first-order valence-corrected chi connectivity index (χ1v) is 8.57. The van der Waals surface area contributed by atoms with E-state index in [2.05, 4.69) is 11.5 Å². The van der Waals surface area contributed by atoms with Crippen molar-refractivity contribution in [1.29, 1.82) is 0 Å². The van der Waals surface area contributed by atoms with Crippen molar-refractivity contribution in [2.24, 2.45) is 0 Å². The molecule has 2 aromatic carbocycles. The molecule has 0 N–H and O–H groups in total. The number of hydrogen-bond acceptors (Lipinski definition) is 2. The van der Waals surface area contributed by atoms with Crippen LogP contribution in [0.25, 0.3) is 22.4 Å². The minimum Gasteiger partial charge on any atom is -0.300 e. The molecule has 120 valence electrons. The molecule has 2 aliphatic heterocycles. The number of halogens is 2. The molecule has 0 saturated carbocycles. The zero-order valence-corrected chi connectivity index (χ0v) is 14.4. The van der Waals surface area contributed by atoms with E-state index in [0.717, 1.165) is 34.5 Å². The fourth-order valence-corrected chi connectivity index (χ4v) is 4.36. The Labute approximate surface area is 148 Å². The highest BCUT2D eigenvalue weighted by atomic mass is 35.5.